The number of aromatic nitrogens is 1. The lowest BCUT2D eigenvalue weighted by Gasteiger charge is -2.00. The highest BCUT2D eigenvalue weighted by molar-refractivity contribution is 7.22. The largest absolute Gasteiger partial charge is 0.301 e. The number of rotatable bonds is 5. The number of carbonyl (C=O) groups excluding carboxylic acids is 1. The van der Waals surface area contributed by atoms with E-state index in [9.17, 15) is 4.79 Å². The van der Waals surface area contributed by atoms with Gasteiger partial charge in [0.15, 0.2) is 5.13 Å². The van der Waals surface area contributed by atoms with Crippen molar-refractivity contribution in [2.75, 3.05) is 11.9 Å². The van der Waals surface area contributed by atoms with Crippen LogP contribution in [-0.4, -0.2) is 23.7 Å². The molecule has 0 radical (unpaired) electrons. The zero-order valence-corrected chi connectivity index (χ0v) is 13.6. The van der Waals surface area contributed by atoms with Gasteiger partial charge in [0, 0.05) is 5.02 Å². The van der Waals surface area contributed by atoms with Crippen molar-refractivity contribution in [3.8, 4) is 0 Å². The van der Waals surface area contributed by atoms with Gasteiger partial charge in [-0.1, -0.05) is 47.2 Å². The predicted molar refractivity (Wildman–Crippen MR) is 95.3 cm³/mol. The van der Waals surface area contributed by atoms with Crippen molar-refractivity contribution in [1.82, 2.24) is 10.4 Å². The Morgan fingerprint density at radius 3 is 2.78 bits per heavy atom. The van der Waals surface area contributed by atoms with Crippen molar-refractivity contribution in [2.45, 2.75) is 0 Å². The third-order valence-corrected chi connectivity index (χ3v) is 4.16. The maximum absolute atomic E-state index is 11.8. The molecule has 1 amide bonds. The standard InChI is InChI=1S/C16H13ClN4OS/c17-12-7-5-11(6-8-12)9-18-19-10-15(22)21-16-20-13-3-1-2-4-14(13)23-16/h1-9,19H,10H2,(H,20,21,22)/b18-9+. The Morgan fingerprint density at radius 1 is 1.22 bits per heavy atom. The lowest BCUT2D eigenvalue weighted by molar-refractivity contribution is -0.115. The van der Waals surface area contributed by atoms with Crippen LogP contribution >= 0.6 is 22.9 Å². The lowest BCUT2D eigenvalue weighted by Crippen LogP contribution is -2.24. The van der Waals surface area contributed by atoms with Crippen LogP contribution in [-0.2, 0) is 4.79 Å². The Morgan fingerprint density at radius 2 is 2.00 bits per heavy atom. The Kier molecular flexibility index (Phi) is 4.85. The fourth-order valence-electron chi connectivity index (χ4n) is 1.88. The van der Waals surface area contributed by atoms with Gasteiger partial charge < -0.3 is 10.7 Å². The van der Waals surface area contributed by atoms with Crippen molar-refractivity contribution in [1.29, 1.82) is 0 Å². The minimum Gasteiger partial charge on any atom is -0.301 e. The molecule has 0 fully saturated rings. The van der Waals surface area contributed by atoms with Crippen LogP contribution in [0.25, 0.3) is 10.2 Å². The maximum atomic E-state index is 11.8. The van der Waals surface area contributed by atoms with E-state index < -0.39 is 0 Å². The molecule has 2 N–H and O–H groups in total. The van der Waals surface area contributed by atoms with Crippen LogP contribution in [0.2, 0.25) is 5.02 Å². The molecule has 0 aliphatic rings. The van der Waals surface area contributed by atoms with Crippen LogP contribution in [0, 0.1) is 0 Å². The van der Waals surface area contributed by atoms with E-state index in [-0.39, 0.29) is 12.5 Å². The molecule has 0 saturated heterocycles. The molecule has 0 unspecified atom stereocenters. The number of anilines is 1. The monoisotopic (exact) mass is 344 g/mol. The molecule has 1 heterocycles. The Bertz CT molecular complexity index is 812. The molecular weight excluding hydrogens is 332 g/mol. The molecule has 0 aliphatic heterocycles. The van der Waals surface area contributed by atoms with Gasteiger partial charge in [0.1, 0.15) is 6.54 Å². The summed E-state index contributed by atoms with van der Waals surface area (Å²) >= 11 is 7.24. The van der Waals surface area contributed by atoms with Gasteiger partial charge in [-0.3, -0.25) is 4.79 Å². The quantitative estimate of drug-likeness (QED) is 0.550. The van der Waals surface area contributed by atoms with Crippen LogP contribution in [0.3, 0.4) is 0 Å². The van der Waals surface area contributed by atoms with E-state index >= 15 is 0 Å². The summed E-state index contributed by atoms with van der Waals surface area (Å²) in [6.45, 7) is 0.0695. The van der Waals surface area contributed by atoms with Crippen LogP contribution in [0.5, 0.6) is 0 Å². The summed E-state index contributed by atoms with van der Waals surface area (Å²) in [6.07, 6.45) is 1.63. The van der Waals surface area contributed by atoms with Crippen molar-refractivity contribution in [2.24, 2.45) is 5.10 Å². The highest BCUT2D eigenvalue weighted by Gasteiger charge is 2.06. The normalized spacial score (nSPS) is 11.0. The van der Waals surface area contributed by atoms with Gasteiger partial charge >= 0.3 is 0 Å². The second-order valence-electron chi connectivity index (χ2n) is 4.68. The molecule has 1 aromatic heterocycles. The second-order valence-corrected chi connectivity index (χ2v) is 6.15. The van der Waals surface area contributed by atoms with Crippen molar-refractivity contribution in [3.63, 3.8) is 0 Å². The van der Waals surface area contributed by atoms with Gasteiger partial charge in [0.25, 0.3) is 0 Å². The summed E-state index contributed by atoms with van der Waals surface area (Å²) in [5, 5.41) is 8.01. The number of carbonyl (C=O) groups is 1. The van der Waals surface area contributed by atoms with E-state index in [1.807, 2.05) is 36.4 Å². The van der Waals surface area contributed by atoms with Gasteiger partial charge in [-0.05, 0) is 29.8 Å². The Hall–Kier alpha value is -2.44. The second kappa shape index (κ2) is 7.21. The Labute approximate surface area is 142 Å². The number of para-hydroxylation sites is 1. The molecule has 0 aliphatic carbocycles. The number of halogens is 1. The summed E-state index contributed by atoms with van der Waals surface area (Å²) < 4.78 is 1.04. The SMILES string of the molecule is O=C(CN/N=C/c1ccc(Cl)cc1)Nc1nc2ccccc2s1. The average Bonchev–Trinajstić information content (AvgIpc) is 2.95. The molecule has 7 heteroatoms. The predicted octanol–water partition coefficient (Wildman–Crippen LogP) is 3.51. The number of thiazole rings is 1. The van der Waals surface area contributed by atoms with Gasteiger partial charge in [0.2, 0.25) is 5.91 Å². The topological polar surface area (TPSA) is 66.4 Å². The van der Waals surface area contributed by atoms with Gasteiger partial charge in [-0.25, -0.2) is 4.98 Å². The first-order valence-electron chi connectivity index (χ1n) is 6.87. The van der Waals surface area contributed by atoms with E-state index in [2.05, 4.69) is 20.8 Å². The number of nitrogens with one attached hydrogen (secondary N) is 2. The fraction of sp³-hybridized carbons (Fsp3) is 0.0625. The summed E-state index contributed by atoms with van der Waals surface area (Å²) in [6, 6.07) is 15.0. The van der Waals surface area contributed by atoms with Gasteiger partial charge in [-0.15, -0.1) is 0 Å². The minimum absolute atomic E-state index is 0.0695. The third-order valence-electron chi connectivity index (χ3n) is 2.95. The van der Waals surface area contributed by atoms with Gasteiger partial charge in [-0.2, -0.15) is 5.10 Å². The first-order valence-corrected chi connectivity index (χ1v) is 8.07. The molecule has 3 aromatic rings. The summed E-state index contributed by atoms with van der Waals surface area (Å²) in [5.74, 6) is -0.197. The number of fused-ring (bicyclic) bond motifs is 1. The molecule has 116 valence electrons. The number of benzene rings is 2. The van der Waals surface area contributed by atoms with Crippen LogP contribution in [0.4, 0.5) is 5.13 Å². The van der Waals surface area contributed by atoms with Crippen LogP contribution < -0.4 is 10.7 Å². The molecule has 2 aromatic carbocycles. The molecule has 0 atom stereocenters. The number of hydrazone groups is 1. The van der Waals surface area contributed by atoms with Crippen molar-refractivity contribution in [3.05, 3.63) is 59.1 Å². The summed E-state index contributed by atoms with van der Waals surface area (Å²) in [5.41, 5.74) is 4.48. The summed E-state index contributed by atoms with van der Waals surface area (Å²) in [4.78, 5) is 16.2. The fourth-order valence-corrected chi connectivity index (χ4v) is 2.88. The maximum Gasteiger partial charge on any atom is 0.247 e. The highest BCUT2D eigenvalue weighted by atomic mass is 35.5. The first kappa shape index (κ1) is 15.5. The zero-order chi connectivity index (χ0) is 16.1. The average molecular weight is 345 g/mol. The molecule has 0 spiro atoms. The van der Waals surface area contributed by atoms with E-state index in [4.69, 9.17) is 11.6 Å². The van der Waals surface area contributed by atoms with E-state index in [0.29, 0.717) is 10.2 Å². The van der Waals surface area contributed by atoms with Crippen LogP contribution in [0.15, 0.2) is 53.6 Å². The Balaban J connectivity index is 1.50. The molecule has 0 saturated carbocycles. The van der Waals surface area contributed by atoms with E-state index in [1.165, 1.54) is 11.3 Å². The number of hydrogen-bond acceptors (Lipinski definition) is 5. The number of nitrogens with zero attached hydrogens (tertiary/aromatic N) is 2. The van der Waals surface area contributed by atoms with Crippen LogP contribution in [0.1, 0.15) is 5.56 Å². The zero-order valence-electron chi connectivity index (χ0n) is 12.0. The molecular formula is C16H13ClN4OS. The summed E-state index contributed by atoms with van der Waals surface area (Å²) in [7, 11) is 0. The van der Waals surface area contributed by atoms with E-state index in [1.54, 1.807) is 18.3 Å². The first-order chi connectivity index (χ1) is 11.2. The minimum atomic E-state index is -0.197. The number of amides is 1. The lowest BCUT2D eigenvalue weighted by atomic mass is 10.2. The van der Waals surface area contributed by atoms with Crippen molar-refractivity contribution < 1.29 is 4.79 Å². The third kappa shape index (κ3) is 4.28. The molecule has 0 bridgehead atoms. The van der Waals surface area contributed by atoms with E-state index in [0.717, 1.165) is 15.8 Å². The molecule has 3 rings (SSSR count). The highest BCUT2D eigenvalue weighted by Crippen LogP contribution is 2.25. The van der Waals surface area contributed by atoms with Crippen molar-refractivity contribution >= 4 is 50.4 Å². The smallest absolute Gasteiger partial charge is 0.247 e. The van der Waals surface area contributed by atoms with Gasteiger partial charge in [0.05, 0.1) is 16.4 Å². The molecule has 5 nitrogen and oxygen atoms in total. The number of hydrogen-bond donors (Lipinski definition) is 2. The molecule has 23 heavy (non-hydrogen) atoms.